The van der Waals surface area contributed by atoms with E-state index in [0.717, 1.165) is 11.4 Å². The SMILES string of the molecule is NC1(C(=O)O)CCC(Sc2ccccn2)C1. The first-order valence-electron chi connectivity index (χ1n) is 5.20. The summed E-state index contributed by atoms with van der Waals surface area (Å²) in [7, 11) is 0. The molecule has 0 aliphatic heterocycles. The predicted octanol–water partition coefficient (Wildman–Crippen LogP) is 1.51. The van der Waals surface area contributed by atoms with Gasteiger partial charge in [-0.1, -0.05) is 6.07 Å². The smallest absolute Gasteiger partial charge is 0.323 e. The fourth-order valence-electron chi connectivity index (χ4n) is 1.91. The number of carboxylic acids is 1. The van der Waals surface area contributed by atoms with E-state index in [-0.39, 0.29) is 5.25 Å². The summed E-state index contributed by atoms with van der Waals surface area (Å²) < 4.78 is 0. The van der Waals surface area contributed by atoms with Gasteiger partial charge in [0.1, 0.15) is 5.54 Å². The summed E-state index contributed by atoms with van der Waals surface area (Å²) in [6.45, 7) is 0. The van der Waals surface area contributed by atoms with Gasteiger partial charge in [0.05, 0.1) is 5.03 Å². The summed E-state index contributed by atoms with van der Waals surface area (Å²) in [5, 5.41) is 10.2. The number of hydrogen-bond donors (Lipinski definition) is 2. The monoisotopic (exact) mass is 238 g/mol. The highest BCUT2D eigenvalue weighted by Gasteiger charge is 2.42. The topological polar surface area (TPSA) is 76.2 Å². The van der Waals surface area contributed by atoms with Crippen molar-refractivity contribution in [2.45, 2.75) is 35.1 Å². The second-order valence-corrected chi connectivity index (χ2v) is 5.43. The molecular weight excluding hydrogens is 224 g/mol. The standard InChI is InChI=1S/C11H14N2O2S/c12-11(10(14)15)5-4-8(7-11)16-9-3-1-2-6-13-9/h1-3,6,8H,4-5,7,12H2,(H,14,15). The summed E-state index contributed by atoms with van der Waals surface area (Å²) in [5.41, 5.74) is 4.78. The van der Waals surface area contributed by atoms with E-state index in [9.17, 15) is 4.79 Å². The number of aliphatic carboxylic acids is 1. The molecule has 4 nitrogen and oxygen atoms in total. The predicted molar refractivity (Wildman–Crippen MR) is 62.3 cm³/mol. The van der Waals surface area contributed by atoms with Gasteiger partial charge < -0.3 is 10.8 Å². The van der Waals surface area contributed by atoms with E-state index < -0.39 is 11.5 Å². The van der Waals surface area contributed by atoms with Gasteiger partial charge in [-0.2, -0.15) is 0 Å². The summed E-state index contributed by atoms with van der Waals surface area (Å²) >= 11 is 1.62. The van der Waals surface area contributed by atoms with Crippen LogP contribution in [0.1, 0.15) is 19.3 Å². The molecule has 1 aliphatic rings. The molecule has 0 aromatic carbocycles. The van der Waals surface area contributed by atoms with E-state index >= 15 is 0 Å². The number of carbonyl (C=O) groups is 1. The maximum atomic E-state index is 11.0. The molecule has 0 amide bonds. The molecule has 1 aromatic heterocycles. The van der Waals surface area contributed by atoms with Crippen molar-refractivity contribution < 1.29 is 9.90 Å². The number of nitrogens with two attached hydrogens (primary N) is 1. The second kappa shape index (κ2) is 4.43. The molecule has 1 aromatic rings. The molecule has 0 radical (unpaired) electrons. The summed E-state index contributed by atoms with van der Waals surface area (Å²) in [5.74, 6) is -0.892. The summed E-state index contributed by atoms with van der Waals surface area (Å²) in [4.78, 5) is 15.2. The van der Waals surface area contributed by atoms with Crippen LogP contribution in [0.15, 0.2) is 29.4 Å². The molecule has 1 aliphatic carbocycles. The van der Waals surface area contributed by atoms with Gasteiger partial charge in [-0.25, -0.2) is 4.98 Å². The van der Waals surface area contributed by atoms with Gasteiger partial charge in [0.2, 0.25) is 0 Å². The fraction of sp³-hybridized carbons (Fsp3) is 0.455. The van der Waals surface area contributed by atoms with Crippen molar-refractivity contribution in [2.75, 3.05) is 0 Å². The number of hydrogen-bond acceptors (Lipinski definition) is 4. The number of pyridine rings is 1. The third kappa shape index (κ3) is 2.36. The average Bonchev–Trinajstić information content (AvgIpc) is 2.63. The van der Waals surface area contributed by atoms with Crippen molar-refractivity contribution in [2.24, 2.45) is 5.73 Å². The first-order valence-corrected chi connectivity index (χ1v) is 6.08. The lowest BCUT2D eigenvalue weighted by Gasteiger charge is -2.17. The Labute approximate surface area is 98.3 Å². The van der Waals surface area contributed by atoms with Gasteiger partial charge in [-0.15, -0.1) is 11.8 Å². The maximum Gasteiger partial charge on any atom is 0.323 e. The zero-order valence-electron chi connectivity index (χ0n) is 8.80. The van der Waals surface area contributed by atoms with Gasteiger partial charge in [0.15, 0.2) is 0 Å². The van der Waals surface area contributed by atoms with Crippen LogP contribution >= 0.6 is 11.8 Å². The van der Waals surface area contributed by atoms with Crippen LogP contribution in [0.4, 0.5) is 0 Å². The zero-order valence-corrected chi connectivity index (χ0v) is 9.61. The highest BCUT2D eigenvalue weighted by Crippen LogP contribution is 2.38. The number of carboxylic acid groups (broad SMARTS) is 1. The van der Waals surface area contributed by atoms with Gasteiger partial charge in [0.25, 0.3) is 0 Å². The Morgan fingerprint density at radius 3 is 3.00 bits per heavy atom. The van der Waals surface area contributed by atoms with Gasteiger partial charge in [-0.05, 0) is 31.4 Å². The van der Waals surface area contributed by atoms with Crippen LogP contribution in [0.5, 0.6) is 0 Å². The quantitative estimate of drug-likeness (QED) is 0.834. The zero-order chi connectivity index (χ0) is 11.6. The third-order valence-electron chi connectivity index (χ3n) is 2.86. The molecule has 3 N–H and O–H groups in total. The molecule has 2 unspecified atom stereocenters. The van der Waals surface area contributed by atoms with Crippen LogP contribution < -0.4 is 5.73 Å². The second-order valence-electron chi connectivity index (χ2n) is 4.11. The van der Waals surface area contributed by atoms with Gasteiger partial charge >= 0.3 is 5.97 Å². The van der Waals surface area contributed by atoms with E-state index in [1.54, 1.807) is 18.0 Å². The van der Waals surface area contributed by atoms with E-state index in [1.807, 2.05) is 18.2 Å². The van der Waals surface area contributed by atoms with Crippen LogP contribution in [0, 0.1) is 0 Å². The van der Waals surface area contributed by atoms with Crippen LogP contribution in [0.25, 0.3) is 0 Å². The Balaban J connectivity index is 1.98. The average molecular weight is 238 g/mol. The lowest BCUT2D eigenvalue weighted by atomic mass is 10.0. The van der Waals surface area contributed by atoms with Crippen LogP contribution in [-0.4, -0.2) is 26.8 Å². The first-order chi connectivity index (χ1) is 7.60. The Bertz CT molecular complexity index is 385. The van der Waals surface area contributed by atoms with Crippen molar-refractivity contribution in [1.82, 2.24) is 4.98 Å². The fourth-order valence-corrected chi connectivity index (χ4v) is 3.15. The van der Waals surface area contributed by atoms with Crippen LogP contribution in [0.3, 0.4) is 0 Å². The molecule has 2 rings (SSSR count). The molecule has 1 heterocycles. The molecule has 1 saturated carbocycles. The number of rotatable bonds is 3. The summed E-state index contributed by atoms with van der Waals surface area (Å²) in [6.07, 6.45) is 3.64. The number of nitrogens with zero attached hydrogens (tertiary/aromatic N) is 1. The maximum absolute atomic E-state index is 11.0. The van der Waals surface area contributed by atoms with Crippen LogP contribution in [-0.2, 0) is 4.79 Å². The Kier molecular flexibility index (Phi) is 3.16. The molecule has 0 spiro atoms. The number of aromatic nitrogens is 1. The van der Waals surface area contributed by atoms with Crippen molar-refractivity contribution in [1.29, 1.82) is 0 Å². The van der Waals surface area contributed by atoms with Crippen molar-refractivity contribution in [3.8, 4) is 0 Å². The van der Waals surface area contributed by atoms with Gasteiger partial charge in [-0.3, -0.25) is 4.79 Å². The molecule has 16 heavy (non-hydrogen) atoms. The van der Waals surface area contributed by atoms with Gasteiger partial charge in [0, 0.05) is 11.4 Å². The lowest BCUT2D eigenvalue weighted by molar-refractivity contribution is -0.143. The Morgan fingerprint density at radius 2 is 2.44 bits per heavy atom. The summed E-state index contributed by atoms with van der Waals surface area (Å²) in [6, 6.07) is 5.72. The van der Waals surface area contributed by atoms with Crippen molar-refractivity contribution in [3.63, 3.8) is 0 Å². The highest BCUT2D eigenvalue weighted by atomic mass is 32.2. The van der Waals surface area contributed by atoms with Crippen molar-refractivity contribution >= 4 is 17.7 Å². The molecule has 0 bridgehead atoms. The van der Waals surface area contributed by atoms with E-state index in [1.165, 1.54) is 0 Å². The third-order valence-corrected chi connectivity index (χ3v) is 4.07. The number of thioether (sulfide) groups is 1. The van der Waals surface area contributed by atoms with Crippen molar-refractivity contribution in [3.05, 3.63) is 24.4 Å². The molecule has 5 heteroatoms. The molecule has 2 atom stereocenters. The minimum atomic E-state index is -1.04. The largest absolute Gasteiger partial charge is 0.480 e. The first kappa shape index (κ1) is 11.4. The lowest BCUT2D eigenvalue weighted by Crippen LogP contribution is -2.45. The highest BCUT2D eigenvalue weighted by molar-refractivity contribution is 7.99. The normalized spacial score (nSPS) is 29.2. The Hall–Kier alpha value is -1.07. The minimum Gasteiger partial charge on any atom is -0.480 e. The molecule has 0 saturated heterocycles. The van der Waals surface area contributed by atoms with E-state index in [0.29, 0.717) is 12.8 Å². The van der Waals surface area contributed by atoms with E-state index in [2.05, 4.69) is 4.98 Å². The van der Waals surface area contributed by atoms with Crippen LogP contribution in [0.2, 0.25) is 0 Å². The Morgan fingerprint density at radius 1 is 1.62 bits per heavy atom. The molecule has 1 fully saturated rings. The molecular formula is C11H14N2O2S. The molecule has 86 valence electrons. The minimum absolute atomic E-state index is 0.260. The van der Waals surface area contributed by atoms with E-state index in [4.69, 9.17) is 10.8 Å².